The molecule has 0 atom stereocenters. The number of anilines is 1. The van der Waals surface area contributed by atoms with E-state index in [1.165, 1.54) is 6.07 Å². The fourth-order valence-corrected chi connectivity index (χ4v) is 2.66. The van der Waals surface area contributed by atoms with Crippen LogP contribution in [0.5, 0.6) is 5.75 Å². The summed E-state index contributed by atoms with van der Waals surface area (Å²) in [6.07, 6.45) is 0. The lowest BCUT2D eigenvalue weighted by Gasteiger charge is -2.10. The number of phenolic OH excluding ortho intramolecular Hbond substituents is 1. The molecule has 26 heavy (non-hydrogen) atoms. The molecule has 3 aromatic rings. The minimum absolute atomic E-state index is 0.0808. The van der Waals surface area contributed by atoms with Crippen LogP contribution >= 0.6 is 0 Å². The molecule has 5 heteroatoms. The van der Waals surface area contributed by atoms with E-state index in [4.69, 9.17) is 5.11 Å². The number of carboxylic acid groups (broad SMARTS) is 1. The first-order valence-electron chi connectivity index (χ1n) is 7.99. The van der Waals surface area contributed by atoms with Gasteiger partial charge in [0.1, 0.15) is 5.75 Å². The van der Waals surface area contributed by atoms with Gasteiger partial charge in [0.25, 0.3) is 5.91 Å². The van der Waals surface area contributed by atoms with Crippen molar-refractivity contribution >= 4 is 17.6 Å². The molecule has 0 radical (unpaired) electrons. The molecule has 0 unspecified atom stereocenters. The molecule has 130 valence electrons. The molecule has 0 aliphatic rings. The molecule has 3 rings (SSSR count). The summed E-state index contributed by atoms with van der Waals surface area (Å²) in [5.41, 5.74) is 3.63. The largest absolute Gasteiger partial charge is 0.507 e. The number of para-hydroxylation sites is 1. The molecule has 0 aliphatic heterocycles. The molecule has 3 N–H and O–H groups in total. The molecule has 0 bridgehead atoms. The van der Waals surface area contributed by atoms with E-state index in [9.17, 15) is 14.7 Å². The van der Waals surface area contributed by atoms with Crippen LogP contribution in [0.25, 0.3) is 11.1 Å². The van der Waals surface area contributed by atoms with Crippen LogP contribution in [0.1, 0.15) is 26.3 Å². The first kappa shape index (κ1) is 17.2. The monoisotopic (exact) mass is 347 g/mol. The molecular formula is C21H17NO4. The summed E-state index contributed by atoms with van der Waals surface area (Å²) in [5.74, 6) is -1.46. The van der Waals surface area contributed by atoms with E-state index in [-0.39, 0.29) is 16.9 Å². The van der Waals surface area contributed by atoms with E-state index in [1.807, 2.05) is 19.1 Å². The first-order valence-corrected chi connectivity index (χ1v) is 7.99. The third kappa shape index (κ3) is 3.57. The predicted molar refractivity (Wildman–Crippen MR) is 99.6 cm³/mol. The molecule has 0 saturated carbocycles. The highest BCUT2D eigenvalue weighted by molar-refractivity contribution is 6.06. The maximum atomic E-state index is 12.2. The molecule has 1 amide bonds. The number of carboxylic acids is 1. The number of hydrogen-bond acceptors (Lipinski definition) is 3. The van der Waals surface area contributed by atoms with E-state index < -0.39 is 11.9 Å². The average Bonchev–Trinajstić information content (AvgIpc) is 2.63. The Morgan fingerprint density at radius 1 is 0.923 bits per heavy atom. The summed E-state index contributed by atoms with van der Waals surface area (Å²) in [4.78, 5) is 23.4. The number of amides is 1. The second kappa shape index (κ2) is 7.11. The van der Waals surface area contributed by atoms with Crippen molar-refractivity contribution in [1.82, 2.24) is 0 Å². The van der Waals surface area contributed by atoms with Crippen LogP contribution in [0, 0.1) is 6.92 Å². The van der Waals surface area contributed by atoms with Gasteiger partial charge in [-0.15, -0.1) is 0 Å². The van der Waals surface area contributed by atoms with Crippen molar-refractivity contribution in [3.63, 3.8) is 0 Å². The second-order valence-corrected chi connectivity index (χ2v) is 5.88. The van der Waals surface area contributed by atoms with Crippen LogP contribution in [0.15, 0.2) is 66.7 Å². The number of phenols is 1. The van der Waals surface area contributed by atoms with Crippen LogP contribution in [0.3, 0.4) is 0 Å². The smallest absolute Gasteiger partial charge is 0.335 e. The third-order valence-electron chi connectivity index (χ3n) is 4.09. The lowest BCUT2D eigenvalue weighted by Crippen LogP contribution is -2.11. The Hall–Kier alpha value is -3.60. The van der Waals surface area contributed by atoms with Gasteiger partial charge in [-0.2, -0.15) is 0 Å². The molecular weight excluding hydrogens is 330 g/mol. The number of carbonyl (C=O) groups is 2. The number of aryl methyl sites for hydroxylation is 1. The Bertz CT molecular complexity index is 978. The van der Waals surface area contributed by atoms with Crippen LogP contribution in [0.2, 0.25) is 0 Å². The maximum Gasteiger partial charge on any atom is 0.335 e. The van der Waals surface area contributed by atoms with E-state index in [0.717, 1.165) is 16.7 Å². The molecule has 0 saturated heterocycles. The number of nitrogens with one attached hydrogen (secondary N) is 1. The molecule has 0 heterocycles. The van der Waals surface area contributed by atoms with Gasteiger partial charge in [-0.05, 0) is 60.0 Å². The highest BCUT2D eigenvalue weighted by Gasteiger charge is 2.11. The Morgan fingerprint density at radius 3 is 2.27 bits per heavy atom. The summed E-state index contributed by atoms with van der Waals surface area (Å²) in [6, 6.07) is 18.4. The Labute approximate surface area is 150 Å². The second-order valence-electron chi connectivity index (χ2n) is 5.88. The predicted octanol–water partition coefficient (Wildman–Crippen LogP) is 4.32. The highest BCUT2D eigenvalue weighted by atomic mass is 16.4. The van der Waals surface area contributed by atoms with E-state index in [1.54, 1.807) is 48.5 Å². The Morgan fingerprint density at radius 2 is 1.62 bits per heavy atom. The van der Waals surface area contributed by atoms with E-state index in [0.29, 0.717) is 5.69 Å². The van der Waals surface area contributed by atoms with Gasteiger partial charge in [0.2, 0.25) is 0 Å². The zero-order chi connectivity index (χ0) is 18.7. The van der Waals surface area contributed by atoms with Gasteiger partial charge in [-0.25, -0.2) is 4.79 Å². The van der Waals surface area contributed by atoms with Crippen molar-refractivity contribution < 1.29 is 19.8 Å². The van der Waals surface area contributed by atoms with Crippen molar-refractivity contribution in [2.45, 2.75) is 6.92 Å². The van der Waals surface area contributed by atoms with E-state index in [2.05, 4.69) is 5.32 Å². The van der Waals surface area contributed by atoms with Crippen molar-refractivity contribution in [1.29, 1.82) is 0 Å². The maximum absolute atomic E-state index is 12.2. The lowest BCUT2D eigenvalue weighted by molar-refractivity contribution is 0.0696. The van der Waals surface area contributed by atoms with Crippen molar-refractivity contribution in [3.05, 3.63) is 83.4 Å². The topological polar surface area (TPSA) is 86.6 Å². The zero-order valence-corrected chi connectivity index (χ0v) is 14.1. The van der Waals surface area contributed by atoms with Gasteiger partial charge in [0.15, 0.2) is 0 Å². The molecule has 0 aliphatic carbocycles. The van der Waals surface area contributed by atoms with Crippen LogP contribution < -0.4 is 5.32 Å². The van der Waals surface area contributed by atoms with Crippen molar-refractivity contribution in [2.75, 3.05) is 5.32 Å². The summed E-state index contributed by atoms with van der Waals surface area (Å²) >= 11 is 0. The number of carbonyl (C=O) groups excluding carboxylic acids is 1. The van der Waals surface area contributed by atoms with Crippen molar-refractivity contribution in [2.24, 2.45) is 0 Å². The number of hydrogen-bond donors (Lipinski definition) is 3. The normalized spacial score (nSPS) is 10.3. The van der Waals surface area contributed by atoms with Gasteiger partial charge in [-0.1, -0.05) is 30.3 Å². The minimum Gasteiger partial charge on any atom is -0.507 e. The molecule has 0 spiro atoms. The third-order valence-corrected chi connectivity index (χ3v) is 4.09. The van der Waals surface area contributed by atoms with Gasteiger partial charge >= 0.3 is 5.97 Å². The highest BCUT2D eigenvalue weighted by Crippen LogP contribution is 2.26. The lowest BCUT2D eigenvalue weighted by atomic mass is 9.98. The number of benzene rings is 3. The van der Waals surface area contributed by atoms with Gasteiger partial charge in [0.05, 0.1) is 11.1 Å². The number of rotatable bonds is 4. The Kier molecular flexibility index (Phi) is 4.71. The quantitative estimate of drug-likeness (QED) is 0.656. The van der Waals surface area contributed by atoms with Crippen molar-refractivity contribution in [3.8, 4) is 16.9 Å². The first-order chi connectivity index (χ1) is 12.5. The standard InChI is InChI=1S/C21H17NO4/c1-13-6-7-15(21(25)26)12-18(13)14-8-10-16(11-9-14)22-20(24)17-4-2-3-5-19(17)23/h2-12,23H,1H3,(H,22,24)(H,25,26). The molecule has 5 nitrogen and oxygen atoms in total. The fraction of sp³-hybridized carbons (Fsp3) is 0.0476. The summed E-state index contributed by atoms with van der Waals surface area (Å²) in [7, 11) is 0. The summed E-state index contributed by atoms with van der Waals surface area (Å²) in [5, 5.41) is 21.6. The molecule has 0 aromatic heterocycles. The SMILES string of the molecule is Cc1ccc(C(=O)O)cc1-c1ccc(NC(=O)c2ccccc2O)cc1. The number of aromatic hydroxyl groups is 1. The Balaban J connectivity index is 1.83. The van der Waals surface area contributed by atoms with Gasteiger partial charge in [0, 0.05) is 5.69 Å². The zero-order valence-electron chi connectivity index (χ0n) is 14.1. The molecule has 0 fully saturated rings. The fourth-order valence-electron chi connectivity index (χ4n) is 2.66. The van der Waals surface area contributed by atoms with E-state index >= 15 is 0 Å². The molecule has 3 aromatic carbocycles. The summed E-state index contributed by atoms with van der Waals surface area (Å²) < 4.78 is 0. The van der Waals surface area contributed by atoms with Crippen LogP contribution in [0.4, 0.5) is 5.69 Å². The minimum atomic E-state index is -0.974. The van der Waals surface area contributed by atoms with Crippen LogP contribution in [-0.2, 0) is 0 Å². The van der Waals surface area contributed by atoms with Gasteiger partial charge in [-0.3, -0.25) is 4.79 Å². The average molecular weight is 347 g/mol. The van der Waals surface area contributed by atoms with Crippen LogP contribution in [-0.4, -0.2) is 22.1 Å². The number of aromatic carboxylic acids is 1. The van der Waals surface area contributed by atoms with Gasteiger partial charge < -0.3 is 15.5 Å². The summed E-state index contributed by atoms with van der Waals surface area (Å²) in [6.45, 7) is 1.91.